The minimum Gasteiger partial charge on any atom is -0.417 e. The van der Waals surface area contributed by atoms with E-state index in [1.807, 2.05) is 0 Å². The third kappa shape index (κ3) is 5.01. The second-order valence-corrected chi connectivity index (χ2v) is 5.66. The van der Waals surface area contributed by atoms with E-state index in [9.17, 15) is 17.6 Å². The van der Waals surface area contributed by atoms with Gasteiger partial charge in [0.2, 0.25) is 5.88 Å². The summed E-state index contributed by atoms with van der Waals surface area (Å²) in [5.41, 5.74) is 0.656. The van der Waals surface area contributed by atoms with Crippen LogP contribution in [0.2, 0.25) is 0 Å². The summed E-state index contributed by atoms with van der Waals surface area (Å²) in [6.45, 7) is 2.62. The average Bonchev–Trinajstić information content (AvgIpc) is 2.69. The minimum atomic E-state index is -2.94. The number of hydrogen-bond acceptors (Lipinski definition) is 4. The van der Waals surface area contributed by atoms with E-state index in [0.717, 1.165) is 0 Å². The van der Waals surface area contributed by atoms with Crippen LogP contribution in [0.1, 0.15) is 25.3 Å². The number of ether oxygens (including phenoxy) is 1. The summed E-state index contributed by atoms with van der Waals surface area (Å²) in [6.07, 6.45) is 1.50. The highest BCUT2D eigenvalue weighted by Gasteiger charge is 2.46. The fourth-order valence-corrected chi connectivity index (χ4v) is 2.54. The maximum absolute atomic E-state index is 13.5. The summed E-state index contributed by atoms with van der Waals surface area (Å²) < 4.78 is 55.4. The molecule has 2 atom stereocenters. The molecule has 1 saturated carbocycles. The number of hydrogen-bond donors (Lipinski definition) is 2. The van der Waals surface area contributed by atoms with Crippen molar-refractivity contribution in [2.75, 3.05) is 0 Å². The highest BCUT2D eigenvalue weighted by atomic mass is 19.3. The molecule has 1 aromatic rings. The van der Waals surface area contributed by atoms with Crippen LogP contribution in [0.5, 0.6) is 5.88 Å². The van der Waals surface area contributed by atoms with E-state index < -0.39 is 18.5 Å². The van der Waals surface area contributed by atoms with Crippen LogP contribution in [0.4, 0.5) is 17.6 Å². The van der Waals surface area contributed by atoms with E-state index in [1.54, 1.807) is 6.07 Å². The molecule has 0 spiro atoms. The van der Waals surface area contributed by atoms with Crippen molar-refractivity contribution < 1.29 is 22.3 Å². The molecule has 1 aliphatic carbocycles. The molecule has 0 radical (unpaired) electrons. The van der Waals surface area contributed by atoms with Crippen molar-refractivity contribution in [2.45, 2.75) is 44.9 Å². The number of alkyl halides is 4. The summed E-state index contributed by atoms with van der Waals surface area (Å²) in [6, 6.07) is 2.66. The van der Waals surface area contributed by atoms with Gasteiger partial charge in [0.1, 0.15) is 0 Å². The van der Waals surface area contributed by atoms with Gasteiger partial charge in [0.25, 0.3) is 5.92 Å². The molecule has 8 heteroatoms. The Hall–Kier alpha value is -1.99. The second kappa shape index (κ2) is 7.06. The number of nitrogens with zero attached hydrogens (tertiary/aromatic N) is 1. The maximum Gasteiger partial charge on any atom is 0.388 e. The number of halogens is 4. The van der Waals surface area contributed by atoms with Crippen LogP contribution < -0.4 is 15.4 Å². The van der Waals surface area contributed by atoms with Crippen LogP contribution in [0.25, 0.3) is 0 Å². The Kier molecular flexibility index (Phi) is 5.33. The molecular formula is C15H19F4N3O. The standard InChI is InChI=1S/C15H19F4N3O/c1-9-5-12(7-15(9,18)19)22-10(2)21-8-11-3-4-20-13(6-11)23-14(16)17/h3-4,6,9,12,14,21-22H,2,5,7-8H2,1H3. The lowest BCUT2D eigenvalue weighted by molar-refractivity contribution is -0.0529. The molecule has 2 N–H and O–H groups in total. The highest BCUT2D eigenvalue weighted by molar-refractivity contribution is 5.21. The highest BCUT2D eigenvalue weighted by Crippen LogP contribution is 2.40. The van der Waals surface area contributed by atoms with Gasteiger partial charge in [0.15, 0.2) is 0 Å². The third-order valence-corrected chi connectivity index (χ3v) is 3.77. The van der Waals surface area contributed by atoms with Crippen molar-refractivity contribution >= 4 is 0 Å². The van der Waals surface area contributed by atoms with Gasteiger partial charge in [-0.3, -0.25) is 0 Å². The molecule has 0 aromatic carbocycles. The van der Waals surface area contributed by atoms with Gasteiger partial charge >= 0.3 is 6.61 Å². The zero-order chi connectivity index (χ0) is 17.0. The van der Waals surface area contributed by atoms with Crippen molar-refractivity contribution in [2.24, 2.45) is 5.92 Å². The third-order valence-electron chi connectivity index (χ3n) is 3.77. The fraction of sp³-hybridized carbons (Fsp3) is 0.533. The molecular weight excluding hydrogens is 314 g/mol. The van der Waals surface area contributed by atoms with Crippen molar-refractivity contribution in [1.29, 1.82) is 0 Å². The molecule has 1 aliphatic rings. The summed E-state index contributed by atoms with van der Waals surface area (Å²) in [4.78, 5) is 3.66. The van der Waals surface area contributed by atoms with Gasteiger partial charge in [0.05, 0.1) is 5.82 Å². The molecule has 4 nitrogen and oxygen atoms in total. The molecule has 1 fully saturated rings. The zero-order valence-corrected chi connectivity index (χ0v) is 12.7. The normalized spacial score (nSPS) is 22.9. The predicted molar refractivity (Wildman–Crippen MR) is 77.1 cm³/mol. The lowest BCUT2D eigenvalue weighted by atomic mass is 10.1. The molecule has 128 valence electrons. The van der Waals surface area contributed by atoms with E-state index in [2.05, 4.69) is 26.9 Å². The van der Waals surface area contributed by atoms with Crippen LogP contribution in [0.3, 0.4) is 0 Å². The molecule has 2 rings (SSSR count). The Balaban J connectivity index is 1.81. The summed E-state index contributed by atoms with van der Waals surface area (Å²) in [5, 5.41) is 5.86. The molecule has 2 unspecified atom stereocenters. The van der Waals surface area contributed by atoms with Crippen LogP contribution >= 0.6 is 0 Å². The maximum atomic E-state index is 13.5. The van der Waals surface area contributed by atoms with Gasteiger partial charge < -0.3 is 15.4 Å². The summed E-state index contributed by atoms with van der Waals surface area (Å²) in [5.74, 6) is -3.10. The molecule has 0 bridgehead atoms. The Labute approximate surface area is 131 Å². The number of rotatable bonds is 7. The quantitative estimate of drug-likeness (QED) is 0.752. The van der Waals surface area contributed by atoms with Crippen molar-refractivity contribution in [3.8, 4) is 5.88 Å². The van der Waals surface area contributed by atoms with E-state index in [0.29, 0.717) is 17.8 Å². The first-order valence-corrected chi connectivity index (χ1v) is 7.23. The lowest BCUT2D eigenvalue weighted by Crippen LogP contribution is -2.33. The molecule has 0 amide bonds. The van der Waals surface area contributed by atoms with Crippen LogP contribution in [-0.4, -0.2) is 23.6 Å². The van der Waals surface area contributed by atoms with E-state index in [-0.39, 0.29) is 24.9 Å². The Morgan fingerprint density at radius 2 is 2.26 bits per heavy atom. The molecule has 0 aliphatic heterocycles. The molecule has 1 heterocycles. The number of nitrogens with one attached hydrogen (secondary N) is 2. The predicted octanol–water partition coefficient (Wildman–Crippen LogP) is 3.27. The molecule has 0 saturated heterocycles. The zero-order valence-electron chi connectivity index (χ0n) is 12.7. The SMILES string of the molecule is C=C(NCc1ccnc(OC(F)F)c1)NC1CC(C)C(F)(F)C1. The number of pyridine rings is 1. The Morgan fingerprint density at radius 3 is 2.87 bits per heavy atom. The summed E-state index contributed by atoms with van der Waals surface area (Å²) in [7, 11) is 0. The van der Waals surface area contributed by atoms with Gasteiger partial charge in [0, 0.05) is 37.2 Å². The van der Waals surface area contributed by atoms with Gasteiger partial charge in [-0.05, 0) is 18.1 Å². The van der Waals surface area contributed by atoms with Gasteiger partial charge in [-0.2, -0.15) is 8.78 Å². The molecule has 23 heavy (non-hydrogen) atoms. The van der Waals surface area contributed by atoms with Gasteiger partial charge in [-0.25, -0.2) is 13.8 Å². The largest absolute Gasteiger partial charge is 0.417 e. The minimum absolute atomic E-state index is 0.179. The number of aromatic nitrogens is 1. The monoisotopic (exact) mass is 333 g/mol. The van der Waals surface area contributed by atoms with Crippen molar-refractivity contribution in [3.63, 3.8) is 0 Å². The van der Waals surface area contributed by atoms with E-state index in [4.69, 9.17) is 0 Å². The van der Waals surface area contributed by atoms with Crippen molar-refractivity contribution in [3.05, 3.63) is 36.3 Å². The summed E-state index contributed by atoms with van der Waals surface area (Å²) >= 11 is 0. The lowest BCUT2D eigenvalue weighted by Gasteiger charge is -2.18. The Bertz CT molecular complexity index is 553. The first kappa shape index (κ1) is 17.4. The molecule has 1 aromatic heterocycles. The fourth-order valence-electron chi connectivity index (χ4n) is 2.54. The second-order valence-electron chi connectivity index (χ2n) is 5.66. The van der Waals surface area contributed by atoms with Gasteiger partial charge in [-0.1, -0.05) is 13.5 Å². The first-order valence-electron chi connectivity index (χ1n) is 7.23. The Morgan fingerprint density at radius 1 is 1.52 bits per heavy atom. The smallest absolute Gasteiger partial charge is 0.388 e. The van der Waals surface area contributed by atoms with E-state index >= 15 is 0 Å². The van der Waals surface area contributed by atoms with Gasteiger partial charge in [-0.15, -0.1) is 0 Å². The van der Waals surface area contributed by atoms with Crippen LogP contribution in [0, 0.1) is 5.92 Å². The topological polar surface area (TPSA) is 46.2 Å². The van der Waals surface area contributed by atoms with Crippen molar-refractivity contribution in [1.82, 2.24) is 15.6 Å². The van der Waals surface area contributed by atoms with E-state index in [1.165, 1.54) is 19.2 Å². The first-order chi connectivity index (χ1) is 10.8. The average molecular weight is 333 g/mol. The van der Waals surface area contributed by atoms with Crippen LogP contribution in [-0.2, 0) is 6.54 Å². The van der Waals surface area contributed by atoms with Crippen LogP contribution in [0.15, 0.2) is 30.7 Å².